The first-order valence-corrected chi connectivity index (χ1v) is 10.1. The fraction of sp³-hybridized carbons (Fsp3) is 0. The summed E-state index contributed by atoms with van der Waals surface area (Å²) in [5.41, 5.74) is 0.440. The summed E-state index contributed by atoms with van der Waals surface area (Å²) in [6, 6.07) is 31.8. The molecule has 0 aromatic heterocycles. The summed E-state index contributed by atoms with van der Waals surface area (Å²) in [4.78, 5) is 33.7. The smallest absolute Gasteiger partial charge is 0.478 e. The molecule has 0 aliphatic heterocycles. The van der Waals surface area contributed by atoms with Crippen molar-refractivity contribution >= 4 is 18.1 Å². The van der Waals surface area contributed by atoms with Gasteiger partial charge in [-0.1, -0.05) is 54.6 Å². The maximum Gasteiger partial charge on any atom is 0.519 e. The van der Waals surface area contributed by atoms with Crippen molar-refractivity contribution in [3.05, 3.63) is 126 Å². The van der Waals surface area contributed by atoms with Crippen LogP contribution in [-0.4, -0.2) is 23.2 Å². The quantitative estimate of drug-likeness (QED) is 0.228. The molecule has 0 amide bonds. The van der Waals surface area contributed by atoms with Gasteiger partial charge in [0.2, 0.25) is 0 Å². The second-order valence-corrected chi connectivity index (χ2v) is 6.67. The molecule has 0 unspecified atom stereocenters. The summed E-state index contributed by atoms with van der Waals surface area (Å²) in [6.45, 7) is 0. The van der Waals surface area contributed by atoms with Crippen molar-refractivity contribution in [1.82, 2.24) is 0 Å². The first-order valence-electron chi connectivity index (χ1n) is 10.1. The van der Waals surface area contributed by atoms with E-state index in [1.54, 1.807) is 72.8 Å². The van der Waals surface area contributed by atoms with Crippen LogP contribution in [0.3, 0.4) is 0 Å². The number of rotatable bonds is 5. The van der Waals surface area contributed by atoms with Gasteiger partial charge < -0.3 is 19.3 Å². The number of carbonyl (C=O) groups is 3. The average Bonchev–Trinajstić information content (AvgIpc) is 2.86. The number of hydrogen-bond donors (Lipinski definition) is 1. The highest BCUT2D eigenvalue weighted by molar-refractivity contribution is 5.93. The minimum Gasteiger partial charge on any atom is -0.478 e. The minimum absolute atomic E-state index is 0.131. The number of esters is 1. The Labute approximate surface area is 195 Å². The Morgan fingerprint density at radius 1 is 0.471 bits per heavy atom. The highest BCUT2D eigenvalue weighted by Gasteiger charge is 2.10. The summed E-state index contributed by atoms with van der Waals surface area (Å²) >= 11 is 0. The predicted molar refractivity (Wildman–Crippen MR) is 124 cm³/mol. The molecule has 0 aliphatic carbocycles. The summed E-state index contributed by atoms with van der Waals surface area (Å²) in [7, 11) is 0. The average molecular weight is 456 g/mol. The van der Waals surface area contributed by atoms with Crippen molar-refractivity contribution in [3.63, 3.8) is 0 Å². The third kappa shape index (κ3) is 7.65. The van der Waals surface area contributed by atoms with E-state index in [9.17, 15) is 14.4 Å². The van der Waals surface area contributed by atoms with Crippen molar-refractivity contribution in [2.45, 2.75) is 0 Å². The van der Waals surface area contributed by atoms with E-state index in [-0.39, 0.29) is 5.56 Å². The Hall–Kier alpha value is -4.91. The first-order chi connectivity index (χ1) is 16.5. The first kappa shape index (κ1) is 23.7. The Bertz CT molecular complexity index is 1160. The van der Waals surface area contributed by atoms with Crippen LogP contribution in [0.25, 0.3) is 0 Å². The second-order valence-electron chi connectivity index (χ2n) is 6.67. The van der Waals surface area contributed by atoms with Crippen LogP contribution in [0.4, 0.5) is 4.79 Å². The molecule has 4 aromatic rings. The zero-order valence-corrected chi connectivity index (χ0v) is 17.9. The molecule has 7 heteroatoms. The van der Waals surface area contributed by atoms with E-state index in [2.05, 4.69) is 0 Å². The lowest BCUT2D eigenvalue weighted by Gasteiger charge is -2.04. The molecule has 0 bridgehead atoms. The van der Waals surface area contributed by atoms with Crippen molar-refractivity contribution in [1.29, 1.82) is 0 Å². The number of carbonyl (C=O) groups excluding carboxylic acids is 2. The number of carboxylic acids is 1. The predicted octanol–water partition coefficient (Wildman–Crippen LogP) is 5.87. The lowest BCUT2D eigenvalue weighted by molar-refractivity contribution is 0.0691. The van der Waals surface area contributed by atoms with E-state index in [1.807, 2.05) is 18.2 Å². The maximum absolute atomic E-state index is 11.7. The van der Waals surface area contributed by atoms with Gasteiger partial charge in [-0.15, -0.1) is 0 Å². The van der Waals surface area contributed by atoms with Gasteiger partial charge in [0.1, 0.15) is 17.2 Å². The highest BCUT2D eigenvalue weighted by Crippen LogP contribution is 2.14. The summed E-state index contributed by atoms with van der Waals surface area (Å²) < 4.78 is 15.0. The lowest BCUT2D eigenvalue weighted by atomic mass is 10.1. The van der Waals surface area contributed by atoms with E-state index in [1.165, 1.54) is 24.3 Å². The van der Waals surface area contributed by atoms with E-state index in [0.717, 1.165) is 0 Å². The Kier molecular flexibility index (Phi) is 8.53. The maximum atomic E-state index is 11.7. The number of hydrogen-bond acceptors (Lipinski definition) is 6. The fourth-order valence-corrected chi connectivity index (χ4v) is 2.59. The van der Waals surface area contributed by atoms with Crippen LogP contribution >= 0.6 is 0 Å². The Morgan fingerprint density at radius 2 is 0.824 bits per heavy atom. The largest absolute Gasteiger partial charge is 0.519 e. The van der Waals surface area contributed by atoms with Gasteiger partial charge in [0, 0.05) is 0 Å². The van der Waals surface area contributed by atoms with Crippen LogP contribution in [0.15, 0.2) is 115 Å². The van der Waals surface area contributed by atoms with Crippen molar-refractivity contribution in [2.24, 2.45) is 0 Å². The molecule has 170 valence electrons. The molecule has 0 heterocycles. The zero-order chi connectivity index (χ0) is 24.2. The molecule has 4 aromatic carbocycles. The molecular formula is C27H20O7. The van der Waals surface area contributed by atoms with Gasteiger partial charge >= 0.3 is 18.1 Å². The molecule has 0 saturated heterocycles. The van der Waals surface area contributed by atoms with Gasteiger partial charge in [0.05, 0.1) is 11.1 Å². The third-order valence-corrected chi connectivity index (χ3v) is 4.21. The van der Waals surface area contributed by atoms with E-state index in [0.29, 0.717) is 22.8 Å². The number of aromatic carboxylic acids is 1. The molecule has 0 aliphatic rings. The van der Waals surface area contributed by atoms with E-state index < -0.39 is 18.1 Å². The van der Waals surface area contributed by atoms with Crippen molar-refractivity contribution < 1.29 is 33.7 Å². The second kappa shape index (κ2) is 12.2. The molecule has 0 fully saturated rings. The van der Waals surface area contributed by atoms with Gasteiger partial charge in [-0.2, -0.15) is 0 Å². The molecule has 0 saturated carbocycles. The van der Waals surface area contributed by atoms with Crippen molar-refractivity contribution in [3.8, 4) is 17.2 Å². The van der Waals surface area contributed by atoms with Crippen LogP contribution in [0, 0.1) is 0 Å². The van der Waals surface area contributed by atoms with Gasteiger partial charge in [-0.25, -0.2) is 14.4 Å². The van der Waals surface area contributed by atoms with E-state index in [4.69, 9.17) is 19.3 Å². The number of benzene rings is 4. The van der Waals surface area contributed by atoms with Crippen LogP contribution in [0.1, 0.15) is 20.7 Å². The molecular weight excluding hydrogens is 436 g/mol. The number of para-hydroxylation sites is 3. The normalized spacial score (nSPS) is 9.65. The van der Waals surface area contributed by atoms with Gasteiger partial charge in [-0.3, -0.25) is 0 Å². The Balaban J connectivity index is 0.000000192. The van der Waals surface area contributed by atoms with Gasteiger partial charge in [0.15, 0.2) is 0 Å². The Morgan fingerprint density at radius 3 is 1.21 bits per heavy atom. The molecule has 4 rings (SSSR count). The summed E-state index contributed by atoms with van der Waals surface area (Å²) in [5, 5.41) is 8.73. The summed E-state index contributed by atoms with van der Waals surface area (Å²) in [6.07, 6.45) is -0.739. The fourth-order valence-electron chi connectivity index (χ4n) is 2.59. The third-order valence-electron chi connectivity index (χ3n) is 4.21. The monoisotopic (exact) mass is 456 g/mol. The topological polar surface area (TPSA) is 99.1 Å². The van der Waals surface area contributed by atoms with Gasteiger partial charge in [0.25, 0.3) is 0 Å². The van der Waals surface area contributed by atoms with Crippen molar-refractivity contribution in [2.75, 3.05) is 0 Å². The number of carboxylic acid groups (broad SMARTS) is 1. The minimum atomic E-state index is -1.03. The van der Waals surface area contributed by atoms with Gasteiger partial charge in [-0.05, 0) is 60.7 Å². The van der Waals surface area contributed by atoms with Crippen LogP contribution < -0.4 is 14.2 Å². The SMILES string of the molecule is O=C(O)c1ccc(C(=O)Oc2ccccc2)cc1.O=C(Oc1ccccc1)Oc1ccccc1. The van der Waals surface area contributed by atoms with Crippen LogP contribution in [0.5, 0.6) is 17.2 Å². The molecule has 1 N–H and O–H groups in total. The van der Waals surface area contributed by atoms with E-state index >= 15 is 0 Å². The lowest BCUT2D eigenvalue weighted by Crippen LogP contribution is -2.13. The van der Waals surface area contributed by atoms with Crippen LogP contribution in [-0.2, 0) is 0 Å². The highest BCUT2D eigenvalue weighted by atomic mass is 16.7. The molecule has 0 radical (unpaired) electrons. The molecule has 34 heavy (non-hydrogen) atoms. The zero-order valence-electron chi connectivity index (χ0n) is 17.9. The molecule has 7 nitrogen and oxygen atoms in total. The molecule has 0 atom stereocenters. The molecule has 0 spiro atoms. The summed E-state index contributed by atoms with van der Waals surface area (Å²) in [5.74, 6) is -0.173. The standard InChI is InChI=1S/C14H10O4.C13H10O3/c15-13(16)10-6-8-11(9-7-10)14(17)18-12-4-2-1-3-5-12;14-13(15-11-7-3-1-4-8-11)16-12-9-5-2-6-10-12/h1-9H,(H,15,16);1-10H. The number of ether oxygens (including phenoxy) is 3. The van der Waals surface area contributed by atoms with Crippen LogP contribution in [0.2, 0.25) is 0 Å².